The first-order valence-corrected chi connectivity index (χ1v) is 5.79. The Morgan fingerprint density at radius 2 is 2.43 bits per heavy atom. The lowest BCUT2D eigenvalue weighted by atomic mass is 10.00. The van der Waals surface area contributed by atoms with Crippen LogP contribution in [0.25, 0.3) is 0 Å². The normalized spacial score (nSPS) is 26.7. The van der Waals surface area contributed by atoms with E-state index >= 15 is 0 Å². The number of ether oxygens (including phenoxy) is 1. The van der Waals surface area contributed by atoms with Crippen molar-refractivity contribution >= 4 is 28.7 Å². The number of halogens is 1. The van der Waals surface area contributed by atoms with Gasteiger partial charge in [-0.15, -0.1) is 11.3 Å². The van der Waals surface area contributed by atoms with Gasteiger partial charge in [-0.05, 0) is 24.5 Å². The fourth-order valence-electron chi connectivity index (χ4n) is 1.62. The molecule has 76 valence electrons. The maximum absolute atomic E-state index is 11.9. The summed E-state index contributed by atoms with van der Waals surface area (Å²) in [5.41, 5.74) is 0. The minimum Gasteiger partial charge on any atom is -0.370 e. The number of carbonyl (C=O) groups is 1. The fourth-order valence-corrected chi connectivity index (χ4v) is 2.63. The van der Waals surface area contributed by atoms with E-state index in [0.29, 0.717) is 21.7 Å². The molecule has 14 heavy (non-hydrogen) atoms. The number of rotatable bonds is 2. The number of hydrogen-bond donors (Lipinski definition) is 0. The summed E-state index contributed by atoms with van der Waals surface area (Å²) in [4.78, 5) is 12.6. The molecule has 0 amide bonds. The zero-order valence-electron chi connectivity index (χ0n) is 7.83. The van der Waals surface area contributed by atoms with Crippen LogP contribution in [-0.2, 0) is 4.74 Å². The maximum Gasteiger partial charge on any atom is 0.201 e. The van der Waals surface area contributed by atoms with E-state index in [2.05, 4.69) is 0 Å². The van der Waals surface area contributed by atoms with Crippen LogP contribution in [-0.4, -0.2) is 18.5 Å². The molecule has 0 radical (unpaired) electrons. The Morgan fingerprint density at radius 3 is 2.93 bits per heavy atom. The summed E-state index contributed by atoms with van der Waals surface area (Å²) < 4.78 is 6.06. The SMILES string of the molecule is CC1CCOC1C(=O)c1ccc(Cl)s1. The van der Waals surface area contributed by atoms with Crippen LogP contribution in [0.3, 0.4) is 0 Å². The lowest BCUT2D eigenvalue weighted by Crippen LogP contribution is -2.24. The molecule has 1 fully saturated rings. The Labute approximate surface area is 91.8 Å². The third kappa shape index (κ3) is 1.85. The molecule has 0 spiro atoms. The van der Waals surface area contributed by atoms with Crippen molar-refractivity contribution in [1.82, 2.24) is 0 Å². The number of hydrogen-bond acceptors (Lipinski definition) is 3. The second-order valence-corrected chi connectivity index (χ2v) is 5.24. The molecule has 1 aliphatic heterocycles. The van der Waals surface area contributed by atoms with Crippen LogP contribution in [0.5, 0.6) is 0 Å². The van der Waals surface area contributed by atoms with Crippen LogP contribution in [0, 0.1) is 5.92 Å². The molecule has 1 aromatic rings. The Hall–Kier alpha value is -0.380. The van der Waals surface area contributed by atoms with E-state index in [1.54, 1.807) is 12.1 Å². The van der Waals surface area contributed by atoms with Crippen molar-refractivity contribution < 1.29 is 9.53 Å². The van der Waals surface area contributed by atoms with Crippen molar-refractivity contribution in [1.29, 1.82) is 0 Å². The van der Waals surface area contributed by atoms with Gasteiger partial charge in [-0.3, -0.25) is 4.79 Å². The Bertz CT molecular complexity index is 348. The maximum atomic E-state index is 11.9. The third-order valence-electron chi connectivity index (χ3n) is 2.46. The van der Waals surface area contributed by atoms with Gasteiger partial charge >= 0.3 is 0 Å². The molecule has 2 unspecified atom stereocenters. The van der Waals surface area contributed by atoms with E-state index in [1.807, 2.05) is 6.92 Å². The number of thiophene rings is 1. The summed E-state index contributed by atoms with van der Waals surface area (Å²) in [6, 6.07) is 3.52. The lowest BCUT2D eigenvalue weighted by Gasteiger charge is -2.11. The molecule has 0 aliphatic carbocycles. The van der Waals surface area contributed by atoms with E-state index in [0.717, 1.165) is 6.42 Å². The van der Waals surface area contributed by atoms with Crippen molar-refractivity contribution in [2.24, 2.45) is 5.92 Å². The third-order valence-corrected chi connectivity index (χ3v) is 3.71. The van der Waals surface area contributed by atoms with Gasteiger partial charge in [0.1, 0.15) is 6.10 Å². The summed E-state index contributed by atoms with van der Waals surface area (Å²) in [6.45, 7) is 2.74. The topological polar surface area (TPSA) is 26.3 Å². The summed E-state index contributed by atoms with van der Waals surface area (Å²) in [5.74, 6) is 0.398. The molecule has 0 saturated carbocycles. The smallest absolute Gasteiger partial charge is 0.201 e. The standard InChI is InChI=1S/C10H11ClO2S/c1-6-4-5-13-10(6)9(12)7-2-3-8(11)14-7/h2-3,6,10H,4-5H2,1H3. The van der Waals surface area contributed by atoms with Gasteiger partial charge in [-0.25, -0.2) is 0 Å². The predicted octanol–water partition coefficient (Wildman–Crippen LogP) is 3.01. The van der Waals surface area contributed by atoms with E-state index in [-0.39, 0.29) is 11.9 Å². The van der Waals surface area contributed by atoms with Crippen LogP contribution >= 0.6 is 22.9 Å². The lowest BCUT2D eigenvalue weighted by molar-refractivity contribution is 0.0583. The molecule has 2 nitrogen and oxygen atoms in total. The van der Waals surface area contributed by atoms with Crippen LogP contribution in [0.15, 0.2) is 12.1 Å². The van der Waals surface area contributed by atoms with E-state index in [1.165, 1.54) is 11.3 Å². The summed E-state index contributed by atoms with van der Waals surface area (Å²) >= 11 is 7.09. The highest BCUT2D eigenvalue weighted by atomic mass is 35.5. The molecule has 1 aromatic heterocycles. The van der Waals surface area contributed by atoms with Gasteiger partial charge in [-0.2, -0.15) is 0 Å². The van der Waals surface area contributed by atoms with Crippen molar-refractivity contribution in [2.45, 2.75) is 19.4 Å². The highest BCUT2D eigenvalue weighted by Gasteiger charge is 2.32. The first kappa shape index (κ1) is 10.1. The Balaban J connectivity index is 2.15. The van der Waals surface area contributed by atoms with Gasteiger partial charge < -0.3 is 4.74 Å². The molecule has 4 heteroatoms. The van der Waals surface area contributed by atoms with Crippen LogP contribution in [0.2, 0.25) is 4.34 Å². The number of carbonyl (C=O) groups excluding carboxylic acids is 1. The first-order chi connectivity index (χ1) is 6.68. The van der Waals surface area contributed by atoms with Gasteiger partial charge in [0.15, 0.2) is 0 Å². The van der Waals surface area contributed by atoms with Crippen molar-refractivity contribution in [3.63, 3.8) is 0 Å². The van der Waals surface area contributed by atoms with Crippen LogP contribution in [0.1, 0.15) is 23.0 Å². The van der Waals surface area contributed by atoms with Crippen LogP contribution in [0.4, 0.5) is 0 Å². The summed E-state index contributed by atoms with van der Waals surface area (Å²) in [7, 11) is 0. The molecule has 0 N–H and O–H groups in total. The average Bonchev–Trinajstić information content (AvgIpc) is 2.73. The van der Waals surface area contributed by atoms with Gasteiger partial charge in [0.2, 0.25) is 5.78 Å². The largest absolute Gasteiger partial charge is 0.370 e. The molecular formula is C10H11ClO2S. The van der Waals surface area contributed by atoms with Crippen molar-refractivity contribution in [2.75, 3.05) is 6.61 Å². The van der Waals surface area contributed by atoms with Gasteiger partial charge in [-0.1, -0.05) is 18.5 Å². The summed E-state index contributed by atoms with van der Waals surface area (Å²) in [5, 5.41) is 0. The second-order valence-electron chi connectivity index (χ2n) is 3.53. The molecular weight excluding hydrogens is 220 g/mol. The quantitative estimate of drug-likeness (QED) is 0.731. The monoisotopic (exact) mass is 230 g/mol. The molecule has 1 aliphatic rings. The zero-order chi connectivity index (χ0) is 10.1. The van der Waals surface area contributed by atoms with Gasteiger partial charge in [0.05, 0.1) is 9.21 Å². The number of ketones is 1. The Kier molecular flexibility index (Phi) is 2.91. The molecule has 2 atom stereocenters. The minimum absolute atomic E-state index is 0.0758. The van der Waals surface area contributed by atoms with E-state index < -0.39 is 0 Å². The van der Waals surface area contributed by atoms with E-state index in [4.69, 9.17) is 16.3 Å². The highest BCUT2D eigenvalue weighted by molar-refractivity contribution is 7.18. The second kappa shape index (κ2) is 4.01. The zero-order valence-corrected chi connectivity index (χ0v) is 9.40. The fraction of sp³-hybridized carbons (Fsp3) is 0.500. The molecule has 0 aromatic carbocycles. The minimum atomic E-state index is -0.260. The molecule has 1 saturated heterocycles. The highest BCUT2D eigenvalue weighted by Crippen LogP contribution is 2.28. The molecule has 0 bridgehead atoms. The first-order valence-electron chi connectivity index (χ1n) is 4.59. The molecule has 2 heterocycles. The number of Topliss-reactive ketones (excluding diaryl/α,β-unsaturated/α-hetero) is 1. The molecule has 2 rings (SSSR count). The summed E-state index contributed by atoms with van der Waals surface area (Å²) in [6.07, 6.45) is 0.708. The van der Waals surface area contributed by atoms with Crippen molar-refractivity contribution in [3.05, 3.63) is 21.3 Å². The average molecular weight is 231 g/mol. The van der Waals surface area contributed by atoms with E-state index in [9.17, 15) is 4.79 Å². The Morgan fingerprint density at radius 1 is 1.64 bits per heavy atom. The van der Waals surface area contributed by atoms with Gasteiger partial charge in [0.25, 0.3) is 0 Å². The predicted molar refractivity (Wildman–Crippen MR) is 57.2 cm³/mol. The van der Waals surface area contributed by atoms with Crippen molar-refractivity contribution in [3.8, 4) is 0 Å². The van der Waals surface area contributed by atoms with Gasteiger partial charge in [0, 0.05) is 6.61 Å². The van der Waals surface area contributed by atoms with Crippen LogP contribution < -0.4 is 0 Å².